The molecule has 0 radical (unpaired) electrons. The van der Waals surface area contributed by atoms with E-state index in [2.05, 4.69) is 11.8 Å². The summed E-state index contributed by atoms with van der Waals surface area (Å²) in [6, 6.07) is 0. The highest BCUT2D eigenvalue weighted by Gasteiger charge is 2.04. The van der Waals surface area contributed by atoms with Gasteiger partial charge in [0.1, 0.15) is 5.60 Å². The third-order valence-corrected chi connectivity index (χ3v) is 1.33. The van der Waals surface area contributed by atoms with Crippen LogP contribution in [-0.4, -0.2) is 16.6 Å². The van der Waals surface area contributed by atoms with E-state index >= 15 is 0 Å². The molecule has 0 aliphatic carbocycles. The highest BCUT2D eigenvalue weighted by atomic mass is 35.5. The third-order valence-electron chi connectivity index (χ3n) is 0.907. The highest BCUT2D eigenvalue weighted by molar-refractivity contribution is 6.19. The Morgan fingerprint density at radius 3 is 2.55 bits per heavy atom. The van der Waals surface area contributed by atoms with Crippen LogP contribution in [0.5, 0.6) is 0 Å². The largest absolute Gasteiger partial charge is 0.378 e. The summed E-state index contributed by atoms with van der Waals surface area (Å²) in [6.07, 6.45) is 1.71. The minimum Gasteiger partial charge on any atom is -0.378 e. The molecule has 0 amide bonds. The van der Waals surface area contributed by atoms with Gasteiger partial charge >= 0.3 is 0 Å². The fraction of sp³-hybridized carbons (Fsp3) is 0.556. The predicted molar refractivity (Wildman–Crippen MR) is 48.6 cm³/mol. The number of halogens is 1. The lowest BCUT2D eigenvalue weighted by Crippen LogP contribution is -2.14. The summed E-state index contributed by atoms with van der Waals surface area (Å²) in [5.41, 5.74) is 0.0896. The molecule has 11 heavy (non-hydrogen) atoms. The first-order valence-corrected chi connectivity index (χ1v) is 3.96. The molecule has 0 saturated carbocycles. The summed E-state index contributed by atoms with van der Waals surface area (Å²) < 4.78 is 0. The van der Waals surface area contributed by atoms with Crippen molar-refractivity contribution >= 4 is 11.6 Å². The summed E-state index contributed by atoms with van der Waals surface area (Å²) in [7, 11) is 0. The van der Waals surface area contributed by atoms with Crippen LogP contribution in [0, 0.1) is 11.8 Å². The van der Waals surface area contributed by atoms with Gasteiger partial charge in [0.2, 0.25) is 0 Å². The minimum atomic E-state index is -0.914. The van der Waals surface area contributed by atoms with Gasteiger partial charge in [-0.1, -0.05) is 17.4 Å². The third kappa shape index (κ3) is 7.45. The van der Waals surface area contributed by atoms with Crippen LogP contribution in [-0.2, 0) is 0 Å². The maximum atomic E-state index is 9.17. The normalized spacial score (nSPS) is 12.3. The van der Waals surface area contributed by atoms with Crippen molar-refractivity contribution in [2.24, 2.45) is 0 Å². The average molecular weight is 173 g/mol. The second-order valence-corrected chi connectivity index (χ2v) is 3.22. The van der Waals surface area contributed by atoms with Gasteiger partial charge in [-0.2, -0.15) is 0 Å². The Kier molecular flexibility index (Phi) is 4.25. The number of aliphatic hydroxyl groups is 1. The van der Waals surface area contributed by atoms with Crippen LogP contribution in [0.4, 0.5) is 0 Å². The molecule has 0 unspecified atom stereocenters. The van der Waals surface area contributed by atoms with Crippen LogP contribution in [0.25, 0.3) is 0 Å². The lowest BCUT2D eigenvalue weighted by molar-refractivity contribution is 0.143. The Bertz CT molecular complexity index is 200. The number of hydrogen-bond acceptors (Lipinski definition) is 1. The summed E-state index contributed by atoms with van der Waals surface area (Å²) in [6.45, 7) is 5.18. The molecule has 0 rings (SSSR count). The number of allylic oxidation sites excluding steroid dienone is 2. The topological polar surface area (TPSA) is 20.2 Å². The molecule has 1 nitrogen and oxygen atoms in total. The van der Waals surface area contributed by atoms with Gasteiger partial charge in [-0.25, -0.2) is 0 Å². The van der Waals surface area contributed by atoms with Crippen LogP contribution in [0.15, 0.2) is 11.6 Å². The summed E-state index contributed by atoms with van der Waals surface area (Å²) >= 11 is 5.50. The lowest BCUT2D eigenvalue weighted by atomic mass is 10.1. The molecule has 0 atom stereocenters. The van der Waals surface area contributed by atoms with Gasteiger partial charge in [-0.05, 0) is 26.8 Å². The fourth-order valence-corrected chi connectivity index (χ4v) is 0.452. The first kappa shape index (κ1) is 10.6. The van der Waals surface area contributed by atoms with E-state index in [4.69, 9.17) is 16.7 Å². The second-order valence-electron chi connectivity index (χ2n) is 2.95. The van der Waals surface area contributed by atoms with Crippen molar-refractivity contribution in [2.75, 3.05) is 5.88 Å². The lowest BCUT2D eigenvalue weighted by Gasteiger charge is -2.05. The van der Waals surface area contributed by atoms with Crippen molar-refractivity contribution in [3.05, 3.63) is 11.6 Å². The van der Waals surface area contributed by atoms with E-state index < -0.39 is 5.60 Å². The van der Waals surface area contributed by atoms with Crippen LogP contribution < -0.4 is 0 Å². The molecule has 0 saturated heterocycles. The van der Waals surface area contributed by atoms with E-state index in [1.165, 1.54) is 0 Å². The van der Waals surface area contributed by atoms with E-state index in [0.717, 1.165) is 5.57 Å². The summed E-state index contributed by atoms with van der Waals surface area (Å²) in [5, 5.41) is 9.17. The fourth-order valence-electron chi connectivity index (χ4n) is 0.374. The molecule has 0 aromatic heterocycles. The van der Waals surface area contributed by atoms with E-state index in [1.54, 1.807) is 19.9 Å². The number of alkyl halides is 1. The van der Waals surface area contributed by atoms with Gasteiger partial charge in [-0.3, -0.25) is 0 Å². The number of rotatable bonds is 1. The van der Waals surface area contributed by atoms with E-state index in [9.17, 15) is 0 Å². The zero-order chi connectivity index (χ0) is 8.91. The van der Waals surface area contributed by atoms with Gasteiger partial charge in [0.05, 0.1) is 0 Å². The van der Waals surface area contributed by atoms with Gasteiger partial charge in [0.25, 0.3) is 0 Å². The van der Waals surface area contributed by atoms with Gasteiger partial charge < -0.3 is 5.11 Å². The Morgan fingerprint density at radius 2 is 2.18 bits per heavy atom. The molecular weight excluding hydrogens is 160 g/mol. The Labute approximate surface area is 73.1 Å². The SMILES string of the molecule is CC(=CC#CC(C)(C)O)CCl. The van der Waals surface area contributed by atoms with Crippen molar-refractivity contribution in [1.29, 1.82) is 0 Å². The van der Waals surface area contributed by atoms with Crippen molar-refractivity contribution in [1.82, 2.24) is 0 Å². The molecule has 0 fully saturated rings. The quantitative estimate of drug-likeness (QED) is 0.474. The summed E-state index contributed by atoms with van der Waals surface area (Å²) in [5.74, 6) is 5.87. The molecule has 0 aliphatic heterocycles. The Morgan fingerprint density at radius 1 is 1.64 bits per heavy atom. The second kappa shape index (κ2) is 4.43. The first-order valence-electron chi connectivity index (χ1n) is 3.42. The highest BCUT2D eigenvalue weighted by Crippen LogP contribution is 1.98. The van der Waals surface area contributed by atoms with Gasteiger partial charge in [-0.15, -0.1) is 11.6 Å². The molecule has 1 N–H and O–H groups in total. The zero-order valence-electron chi connectivity index (χ0n) is 7.11. The van der Waals surface area contributed by atoms with Crippen LogP contribution in [0.3, 0.4) is 0 Å². The molecule has 0 bridgehead atoms. The van der Waals surface area contributed by atoms with Crippen LogP contribution in [0.1, 0.15) is 20.8 Å². The molecule has 0 spiro atoms. The molecule has 0 heterocycles. The van der Waals surface area contributed by atoms with E-state index in [-0.39, 0.29) is 0 Å². The van der Waals surface area contributed by atoms with E-state index in [1.807, 2.05) is 6.92 Å². The monoisotopic (exact) mass is 172 g/mol. The smallest absolute Gasteiger partial charge is 0.120 e. The van der Waals surface area contributed by atoms with E-state index in [0.29, 0.717) is 5.88 Å². The van der Waals surface area contributed by atoms with Crippen LogP contribution >= 0.6 is 11.6 Å². The molecule has 62 valence electrons. The maximum absolute atomic E-state index is 9.17. The van der Waals surface area contributed by atoms with Crippen molar-refractivity contribution in [3.63, 3.8) is 0 Å². The molecule has 0 aliphatic rings. The van der Waals surface area contributed by atoms with Crippen molar-refractivity contribution in [3.8, 4) is 11.8 Å². The first-order chi connectivity index (χ1) is 4.95. The van der Waals surface area contributed by atoms with Gasteiger partial charge in [0, 0.05) is 5.88 Å². The number of hydrogen-bond donors (Lipinski definition) is 1. The molecule has 0 aromatic carbocycles. The van der Waals surface area contributed by atoms with Crippen molar-refractivity contribution < 1.29 is 5.11 Å². The minimum absolute atomic E-state index is 0.487. The Hall–Kier alpha value is -0.450. The van der Waals surface area contributed by atoms with Gasteiger partial charge in [0.15, 0.2) is 0 Å². The predicted octanol–water partition coefficient (Wildman–Crippen LogP) is 1.95. The summed E-state index contributed by atoms with van der Waals surface area (Å²) in [4.78, 5) is 0. The molecular formula is C9H13ClO. The average Bonchev–Trinajstić information content (AvgIpc) is 1.85. The molecule has 2 heteroatoms. The molecule has 0 aromatic rings. The van der Waals surface area contributed by atoms with Crippen molar-refractivity contribution in [2.45, 2.75) is 26.4 Å². The zero-order valence-corrected chi connectivity index (χ0v) is 7.87. The maximum Gasteiger partial charge on any atom is 0.120 e. The Balaban J connectivity index is 4.11. The standard InChI is InChI=1S/C9H13ClO/c1-8(7-10)5-4-6-9(2,3)11/h5,11H,7H2,1-3H3. The van der Waals surface area contributed by atoms with Crippen LogP contribution in [0.2, 0.25) is 0 Å².